The van der Waals surface area contributed by atoms with E-state index in [0.29, 0.717) is 41.9 Å². The minimum atomic E-state index is -0.579. The molecule has 3 aromatic rings. The van der Waals surface area contributed by atoms with Crippen LogP contribution in [0, 0.1) is 6.92 Å². The number of nitrogens with zero attached hydrogens (tertiary/aromatic N) is 1. The van der Waals surface area contributed by atoms with Crippen molar-refractivity contribution in [3.05, 3.63) is 75.1 Å². The van der Waals surface area contributed by atoms with Crippen molar-refractivity contribution in [1.82, 2.24) is 4.90 Å². The number of benzene rings is 2. The molecule has 1 aromatic heterocycles. The van der Waals surface area contributed by atoms with Gasteiger partial charge in [0.2, 0.25) is 5.76 Å². The van der Waals surface area contributed by atoms with Crippen LogP contribution in [0.15, 0.2) is 51.7 Å². The van der Waals surface area contributed by atoms with Gasteiger partial charge in [-0.2, -0.15) is 0 Å². The summed E-state index contributed by atoms with van der Waals surface area (Å²) in [6.45, 7) is 4.90. The Morgan fingerprint density at radius 3 is 2.74 bits per heavy atom. The summed E-state index contributed by atoms with van der Waals surface area (Å²) in [5.41, 5.74) is 2.30. The third kappa shape index (κ3) is 3.95. The van der Waals surface area contributed by atoms with E-state index in [-0.39, 0.29) is 23.7 Å². The topological polar surface area (TPSA) is 80.0 Å². The molecule has 0 fully saturated rings. The predicted molar refractivity (Wildman–Crippen MR) is 119 cm³/mol. The number of fused-ring (bicyclic) bond motifs is 2. The van der Waals surface area contributed by atoms with Crippen molar-refractivity contribution in [1.29, 1.82) is 0 Å². The molecule has 1 aliphatic heterocycles. The van der Waals surface area contributed by atoms with Crippen molar-refractivity contribution < 1.29 is 19.1 Å². The molecule has 1 atom stereocenters. The minimum absolute atomic E-state index is 0.0461. The fourth-order valence-electron chi connectivity index (χ4n) is 4.06. The summed E-state index contributed by atoms with van der Waals surface area (Å²) >= 11 is 0. The Kier molecular flexibility index (Phi) is 6.09. The van der Waals surface area contributed by atoms with Crippen LogP contribution in [-0.2, 0) is 0 Å². The molecule has 6 heteroatoms. The van der Waals surface area contributed by atoms with E-state index in [2.05, 4.69) is 6.92 Å². The highest BCUT2D eigenvalue weighted by Gasteiger charge is 2.42. The fraction of sp³-hybridized carbons (Fsp3) is 0.360. The fourth-order valence-corrected chi connectivity index (χ4v) is 4.06. The SMILES string of the molecule is CCCCOc1cccc([C@H]2c3c(oc4ccc(C)cc4c3=O)C(=O)N2CCCO)c1. The van der Waals surface area contributed by atoms with Gasteiger partial charge < -0.3 is 19.2 Å². The molecular weight excluding hydrogens is 394 g/mol. The second-order valence-corrected chi connectivity index (χ2v) is 7.93. The molecule has 2 aromatic carbocycles. The van der Waals surface area contributed by atoms with Crippen molar-refractivity contribution in [2.75, 3.05) is 19.8 Å². The number of hydrogen-bond donors (Lipinski definition) is 1. The monoisotopic (exact) mass is 421 g/mol. The van der Waals surface area contributed by atoms with E-state index in [1.165, 1.54) is 0 Å². The molecule has 4 rings (SSSR count). The molecule has 0 saturated carbocycles. The number of carbonyl (C=O) groups excluding carboxylic acids is 1. The second-order valence-electron chi connectivity index (χ2n) is 7.93. The molecule has 0 unspecified atom stereocenters. The standard InChI is InChI=1S/C25H27NO5/c1-3-4-13-30-18-8-5-7-17(15-18)22-21-23(28)19-14-16(2)9-10-20(19)31-24(21)25(29)26(22)11-6-12-27/h5,7-10,14-15,22,27H,3-4,6,11-13H2,1-2H3/t22-/m0/s1. The highest BCUT2D eigenvalue weighted by molar-refractivity contribution is 5.99. The molecule has 0 saturated heterocycles. The average molecular weight is 421 g/mol. The summed E-state index contributed by atoms with van der Waals surface area (Å²) < 4.78 is 11.8. The number of aliphatic hydroxyl groups is 1. The molecule has 0 radical (unpaired) electrons. The molecule has 162 valence electrons. The number of aliphatic hydroxyl groups excluding tert-OH is 1. The molecule has 2 heterocycles. The Morgan fingerprint density at radius 1 is 1.13 bits per heavy atom. The van der Waals surface area contributed by atoms with Crippen molar-refractivity contribution in [3.63, 3.8) is 0 Å². The van der Waals surface area contributed by atoms with Gasteiger partial charge in [-0.1, -0.05) is 37.1 Å². The van der Waals surface area contributed by atoms with E-state index in [1.54, 1.807) is 17.0 Å². The number of amides is 1. The summed E-state index contributed by atoms with van der Waals surface area (Å²) in [5, 5.41) is 9.82. The number of hydrogen-bond acceptors (Lipinski definition) is 5. The lowest BCUT2D eigenvalue weighted by atomic mass is 9.98. The van der Waals surface area contributed by atoms with Crippen LogP contribution in [0.25, 0.3) is 11.0 Å². The lowest BCUT2D eigenvalue weighted by molar-refractivity contribution is 0.0716. The molecular formula is C25H27NO5. The van der Waals surface area contributed by atoms with Gasteiger partial charge in [-0.3, -0.25) is 9.59 Å². The molecule has 0 aliphatic carbocycles. The number of carbonyl (C=O) groups is 1. The summed E-state index contributed by atoms with van der Waals surface area (Å²) in [6, 6.07) is 12.3. The van der Waals surface area contributed by atoms with Crippen LogP contribution >= 0.6 is 0 Å². The quantitative estimate of drug-likeness (QED) is 0.551. The molecule has 0 spiro atoms. The van der Waals surface area contributed by atoms with E-state index in [0.717, 1.165) is 24.0 Å². The van der Waals surface area contributed by atoms with Crippen molar-refractivity contribution >= 4 is 16.9 Å². The van der Waals surface area contributed by atoms with Crippen LogP contribution in [0.5, 0.6) is 5.75 Å². The summed E-state index contributed by atoms with van der Waals surface area (Å²) in [5.74, 6) is 0.460. The van der Waals surface area contributed by atoms with Crippen molar-refractivity contribution in [2.45, 2.75) is 39.2 Å². The van der Waals surface area contributed by atoms with Crippen LogP contribution in [0.1, 0.15) is 59.5 Å². The van der Waals surface area contributed by atoms with Gasteiger partial charge in [0, 0.05) is 13.2 Å². The summed E-state index contributed by atoms with van der Waals surface area (Å²) in [6.07, 6.45) is 2.40. The van der Waals surface area contributed by atoms with E-state index >= 15 is 0 Å². The molecule has 1 N–H and O–H groups in total. The van der Waals surface area contributed by atoms with E-state index in [9.17, 15) is 14.7 Å². The highest BCUT2D eigenvalue weighted by atomic mass is 16.5. The average Bonchev–Trinajstić information content (AvgIpc) is 3.05. The maximum absolute atomic E-state index is 13.5. The number of rotatable bonds is 8. The van der Waals surface area contributed by atoms with E-state index in [1.807, 2.05) is 37.3 Å². The lowest BCUT2D eigenvalue weighted by Crippen LogP contribution is -2.31. The van der Waals surface area contributed by atoms with Gasteiger partial charge in [0.15, 0.2) is 5.43 Å². The molecule has 0 bridgehead atoms. The summed E-state index contributed by atoms with van der Waals surface area (Å²) in [4.78, 5) is 28.3. The van der Waals surface area contributed by atoms with Crippen LogP contribution in [0.3, 0.4) is 0 Å². The predicted octanol–water partition coefficient (Wildman–Crippen LogP) is 4.21. The molecule has 1 amide bonds. The zero-order valence-corrected chi connectivity index (χ0v) is 17.9. The van der Waals surface area contributed by atoms with E-state index < -0.39 is 6.04 Å². The van der Waals surface area contributed by atoms with Crippen LogP contribution in [0.4, 0.5) is 0 Å². The Labute approximate surface area is 181 Å². The van der Waals surface area contributed by atoms with Crippen LogP contribution in [-0.4, -0.2) is 35.7 Å². The van der Waals surface area contributed by atoms with Gasteiger partial charge in [-0.05, 0) is 49.6 Å². The Bertz CT molecular complexity index is 1170. The van der Waals surface area contributed by atoms with Crippen molar-refractivity contribution in [2.24, 2.45) is 0 Å². The first-order valence-electron chi connectivity index (χ1n) is 10.8. The molecule has 6 nitrogen and oxygen atoms in total. The molecule has 1 aliphatic rings. The Balaban J connectivity index is 1.85. The normalized spacial score (nSPS) is 15.5. The third-order valence-corrected chi connectivity index (χ3v) is 5.62. The zero-order valence-electron chi connectivity index (χ0n) is 17.9. The zero-order chi connectivity index (χ0) is 22.0. The number of unbranched alkanes of at least 4 members (excludes halogenated alkanes) is 1. The summed E-state index contributed by atoms with van der Waals surface area (Å²) in [7, 11) is 0. The van der Waals surface area contributed by atoms with Gasteiger partial charge in [0.1, 0.15) is 11.3 Å². The minimum Gasteiger partial charge on any atom is -0.494 e. The smallest absolute Gasteiger partial charge is 0.290 e. The number of ether oxygens (including phenoxy) is 1. The third-order valence-electron chi connectivity index (χ3n) is 5.62. The van der Waals surface area contributed by atoms with Gasteiger partial charge in [0.25, 0.3) is 5.91 Å². The highest BCUT2D eigenvalue weighted by Crippen LogP contribution is 2.39. The first kappa shape index (κ1) is 21.1. The van der Waals surface area contributed by atoms with Crippen LogP contribution < -0.4 is 10.2 Å². The maximum Gasteiger partial charge on any atom is 0.290 e. The molecule has 31 heavy (non-hydrogen) atoms. The van der Waals surface area contributed by atoms with Gasteiger partial charge in [-0.25, -0.2) is 0 Å². The first-order valence-corrected chi connectivity index (χ1v) is 10.8. The number of aryl methyl sites for hydroxylation is 1. The maximum atomic E-state index is 13.5. The van der Waals surface area contributed by atoms with E-state index in [4.69, 9.17) is 9.15 Å². The van der Waals surface area contributed by atoms with Gasteiger partial charge in [0.05, 0.1) is 23.6 Å². The second kappa shape index (κ2) is 8.94. The van der Waals surface area contributed by atoms with Crippen molar-refractivity contribution in [3.8, 4) is 5.75 Å². The Hall–Kier alpha value is -3.12. The van der Waals surface area contributed by atoms with Gasteiger partial charge >= 0.3 is 0 Å². The first-order chi connectivity index (χ1) is 15.0. The van der Waals surface area contributed by atoms with Gasteiger partial charge in [-0.15, -0.1) is 0 Å². The lowest BCUT2D eigenvalue weighted by Gasteiger charge is -2.25. The van der Waals surface area contributed by atoms with Crippen LogP contribution in [0.2, 0.25) is 0 Å². The Morgan fingerprint density at radius 2 is 1.97 bits per heavy atom. The largest absolute Gasteiger partial charge is 0.494 e.